The normalized spacial score (nSPS) is 10.5. The van der Waals surface area contributed by atoms with Crippen molar-refractivity contribution in [2.75, 3.05) is 0 Å². The molecule has 1 aromatic carbocycles. The second-order valence-electron chi connectivity index (χ2n) is 5.04. The molecule has 5 nitrogen and oxygen atoms in total. The topological polar surface area (TPSA) is 59.8 Å². The standard InChI is InChI=1S/C17H15FN4O/c18-15-5-1-3-13(9-15)10-16(23)21-11-14-4-2-6-20-17(14)22-8-7-19-12-22/h1-9,12H,10-11H2,(H,21,23). The highest BCUT2D eigenvalue weighted by molar-refractivity contribution is 5.78. The molecule has 0 aliphatic carbocycles. The molecule has 0 fully saturated rings. The van der Waals surface area contributed by atoms with Gasteiger partial charge in [-0.2, -0.15) is 0 Å². The molecule has 0 bridgehead atoms. The van der Waals surface area contributed by atoms with Crippen LogP contribution in [0.2, 0.25) is 0 Å². The lowest BCUT2D eigenvalue weighted by Gasteiger charge is -2.10. The Balaban J connectivity index is 1.66. The summed E-state index contributed by atoms with van der Waals surface area (Å²) >= 11 is 0. The molecule has 0 aliphatic heterocycles. The fourth-order valence-electron chi connectivity index (χ4n) is 2.27. The largest absolute Gasteiger partial charge is 0.352 e. The van der Waals surface area contributed by atoms with E-state index in [1.165, 1.54) is 12.1 Å². The Hall–Kier alpha value is -3.02. The first kappa shape index (κ1) is 14.9. The summed E-state index contributed by atoms with van der Waals surface area (Å²) in [5, 5.41) is 2.83. The molecule has 0 saturated carbocycles. The van der Waals surface area contributed by atoms with Gasteiger partial charge in [-0.15, -0.1) is 0 Å². The number of benzene rings is 1. The van der Waals surface area contributed by atoms with Gasteiger partial charge in [0.05, 0.1) is 6.42 Å². The molecule has 0 aliphatic rings. The first-order valence-electron chi connectivity index (χ1n) is 7.16. The number of nitrogens with zero attached hydrogens (tertiary/aromatic N) is 3. The minimum Gasteiger partial charge on any atom is -0.352 e. The first-order chi connectivity index (χ1) is 11.2. The number of imidazole rings is 1. The number of hydrogen-bond donors (Lipinski definition) is 1. The van der Waals surface area contributed by atoms with Crippen LogP contribution >= 0.6 is 0 Å². The number of amides is 1. The van der Waals surface area contributed by atoms with Crippen molar-refractivity contribution in [1.82, 2.24) is 19.9 Å². The number of aromatic nitrogens is 3. The first-order valence-corrected chi connectivity index (χ1v) is 7.16. The predicted molar refractivity (Wildman–Crippen MR) is 83.3 cm³/mol. The van der Waals surface area contributed by atoms with Crippen molar-refractivity contribution in [3.63, 3.8) is 0 Å². The summed E-state index contributed by atoms with van der Waals surface area (Å²) in [5.74, 6) is 0.206. The van der Waals surface area contributed by atoms with Crippen molar-refractivity contribution in [1.29, 1.82) is 0 Å². The molecule has 1 amide bonds. The highest BCUT2D eigenvalue weighted by Gasteiger charge is 2.08. The Morgan fingerprint density at radius 1 is 1.22 bits per heavy atom. The van der Waals surface area contributed by atoms with Gasteiger partial charge in [0.15, 0.2) is 0 Å². The monoisotopic (exact) mass is 310 g/mol. The van der Waals surface area contributed by atoms with E-state index in [1.54, 1.807) is 41.6 Å². The van der Waals surface area contributed by atoms with Gasteiger partial charge >= 0.3 is 0 Å². The Morgan fingerprint density at radius 2 is 2.13 bits per heavy atom. The van der Waals surface area contributed by atoms with Gasteiger partial charge in [0.2, 0.25) is 5.91 Å². The van der Waals surface area contributed by atoms with Crippen molar-refractivity contribution >= 4 is 5.91 Å². The molecule has 0 spiro atoms. The van der Waals surface area contributed by atoms with Gasteiger partial charge < -0.3 is 5.32 Å². The molecular formula is C17H15FN4O. The molecule has 6 heteroatoms. The zero-order valence-corrected chi connectivity index (χ0v) is 12.3. The van der Waals surface area contributed by atoms with E-state index >= 15 is 0 Å². The lowest BCUT2D eigenvalue weighted by Crippen LogP contribution is -2.25. The van der Waals surface area contributed by atoms with Crippen LogP contribution in [0.3, 0.4) is 0 Å². The zero-order valence-electron chi connectivity index (χ0n) is 12.3. The van der Waals surface area contributed by atoms with Crippen LogP contribution in [0, 0.1) is 5.82 Å². The number of hydrogen-bond acceptors (Lipinski definition) is 3. The summed E-state index contributed by atoms with van der Waals surface area (Å²) in [6, 6.07) is 9.74. The fourth-order valence-corrected chi connectivity index (χ4v) is 2.27. The smallest absolute Gasteiger partial charge is 0.224 e. The van der Waals surface area contributed by atoms with E-state index in [-0.39, 0.29) is 18.1 Å². The average Bonchev–Trinajstić information content (AvgIpc) is 3.07. The quantitative estimate of drug-likeness (QED) is 0.786. The molecule has 0 unspecified atom stereocenters. The van der Waals surface area contributed by atoms with Crippen LogP contribution in [-0.2, 0) is 17.8 Å². The van der Waals surface area contributed by atoms with Crippen LogP contribution in [0.25, 0.3) is 5.82 Å². The minimum atomic E-state index is -0.343. The van der Waals surface area contributed by atoms with Crippen molar-refractivity contribution in [2.45, 2.75) is 13.0 Å². The van der Waals surface area contributed by atoms with E-state index in [1.807, 2.05) is 12.1 Å². The van der Waals surface area contributed by atoms with E-state index in [0.29, 0.717) is 12.1 Å². The van der Waals surface area contributed by atoms with Gasteiger partial charge in [-0.25, -0.2) is 14.4 Å². The van der Waals surface area contributed by atoms with Crippen LogP contribution < -0.4 is 5.32 Å². The second kappa shape index (κ2) is 6.83. The van der Waals surface area contributed by atoms with E-state index in [4.69, 9.17) is 0 Å². The number of nitrogens with one attached hydrogen (secondary N) is 1. The molecule has 2 aromatic heterocycles. The van der Waals surface area contributed by atoms with Gasteiger partial charge in [-0.1, -0.05) is 18.2 Å². The maximum Gasteiger partial charge on any atom is 0.224 e. The summed E-state index contributed by atoms with van der Waals surface area (Å²) in [5.41, 5.74) is 1.52. The van der Waals surface area contributed by atoms with E-state index in [2.05, 4.69) is 15.3 Å². The molecule has 0 radical (unpaired) electrons. The third kappa shape index (κ3) is 3.79. The Kier molecular flexibility index (Phi) is 4.42. The molecule has 2 heterocycles. The Morgan fingerprint density at radius 3 is 2.91 bits per heavy atom. The minimum absolute atomic E-state index is 0.137. The lowest BCUT2D eigenvalue weighted by atomic mass is 10.1. The number of rotatable bonds is 5. The average molecular weight is 310 g/mol. The van der Waals surface area contributed by atoms with Gasteiger partial charge in [0, 0.05) is 30.7 Å². The molecule has 1 N–H and O–H groups in total. The van der Waals surface area contributed by atoms with Gasteiger partial charge in [-0.05, 0) is 23.8 Å². The lowest BCUT2D eigenvalue weighted by molar-refractivity contribution is -0.120. The van der Waals surface area contributed by atoms with Crippen LogP contribution in [0.4, 0.5) is 4.39 Å². The van der Waals surface area contributed by atoms with Gasteiger partial charge in [-0.3, -0.25) is 9.36 Å². The number of pyridine rings is 1. The summed E-state index contributed by atoms with van der Waals surface area (Å²) in [6.45, 7) is 0.343. The SMILES string of the molecule is O=C(Cc1cccc(F)c1)NCc1cccnc1-n1ccnc1. The third-order valence-corrected chi connectivity index (χ3v) is 3.35. The summed E-state index contributed by atoms with van der Waals surface area (Å²) in [6.07, 6.45) is 6.94. The molecule has 3 rings (SSSR count). The number of carbonyl (C=O) groups is 1. The molecule has 116 valence electrons. The fraction of sp³-hybridized carbons (Fsp3) is 0.118. The summed E-state index contributed by atoms with van der Waals surface area (Å²) < 4.78 is 14.9. The van der Waals surface area contributed by atoms with E-state index < -0.39 is 0 Å². The Bertz CT molecular complexity index is 802. The highest BCUT2D eigenvalue weighted by atomic mass is 19.1. The van der Waals surface area contributed by atoms with Gasteiger partial charge in [0.25, 0.3) is 0 Å². The molecule has 0 saturated heterocycles. The number of halogens is 1. The van der Waals surface area contributed by atoms with Crippen LogP contribution in [0.15, 0.2) is 61.3 Å². The highest BCUT2D eigenvalue weighted by Crippen LogP contribution is 2.11. The molecule has 0 atom stereocenters. The maximum atomic E-state index is 13.1. The van der Waals surface area contributed by atoms with Crippen LogP contribution in [-0.4, -0.2) is 20.4 Å². The van der Waals surface area contributed by atoms with E-state index in [0.717, 1.165) is 11.4 Å². The zero-order chi connectivity index (χ0) is 16.1. The third-order valence-electron chi connectivity index (χ3n) is 3.35. The van der Waals surface area contributed by atoms with Crippen LogP contribution in [0.1, 0.15) is 11.1 Å². The van der Waals surface area contributed by atoms with Crippen molar-refractivity contribution in [2.24, 2.45) is 0 Å². The summed E-state index contributed by atoms with van der Waals surface area (Å²) in [7, 11) is 0. The van der Waals surface area contributed by atoms with Crippen LogP contribution in [0.5, 0.6) is 0 Å². The molecule has 23 heavy (non-hydrogen) atoms. The number of carbonyl (C=O) groups excluding carboxylic acids is 1. The Labute approximate surface area is 132 Å². The van der Waals surface area contributed by atoms with Gasteiger partial charge in [0.1, 0.15) is 18.0 Å². The predicted octanol–water partition coefficient (Wildman–Crippen LogP) is 2.27. The van der Waals surface area contributed by atoms with Crippen molar-refractivity contribution in [3.8, 4) is 5.82 Å². The summed E-state index contributed by atoms with van der Waals surface area (Å²) in [4.78, 5) is 20.3. The van der Waals surface area contributed by atoms with E-state index in [9.17, 15) is 9.18 Å². The maximum absolute atomic E-state index is 13.1. The molecular weight excluding hydrogens is 295 g/mol. The van der Waals surface area contributed by atoms with Crippen molar-refractivity contribution in [3.05, 3.63) is 78.3 Å². The second-order valence-corrected chi connectivity index (χ2v) is 5.04. The van der Waals surface area contributed by atoms with Crippen molar-refractivity contribution < 1.29 is 9.18 Å². The molecule has 3 aromatic rings.